The zero-order valence-corrected chi connectivity index (χ0v) is 8.07. The molecule has 1 heterocycles. The van der Waals surface area contributed by atoms with Gasteiger partial charge in [-0.05, 0) is 31.4 Å². The molecule has 0 saturated heterocycles. The number of ether oxygens (including phenoxy) is 1. The van der Waals surface area contributed by atoms with E-state index in [1.165, 1.54) is 0 Å². The Morgan fingerprint density at radius 2 is 2.46 bits per heavy atom. The van der Waals surface area contributed by atoms with Gasteiger partial charge in [0, 0.05) is 6.20 Å². The molecule has 0 bridgehead atoms. The topological polar surface area (TPSA) is 22.1 Å². The van der Waals surface area contributed by atoms with Gasteiger partial charge in [-0.25, -0.2) is 0 Å². The number of rotatable bonds is 6. The van der Waals surface area contributed by atoms with Crippen LogP contribution < -0.4 is 4.74 Å². The lowest BCUT2D eigenvalue weighted by Crippen LogP contribution is -1.97. The Balaban J connectivity index is 2.07. The Bertz CT molecular complexity index is 211. The molecule has 0 aliphatic heterocycles. The normalized spacial score (nSPS) is 9.92. The molecule has 1 rings (SSSR count). The molecular weight excluding hydrogens is 162 g/mol. The summed E-state index contributed by atoms with van der Waals surface area (Å²) in [7, 11) is 0. The quantitative estimate of drug-likeness (QED) is 0.625. The van der Waals surface area contributed by atoms with Gasteiger partial charge in [0.2, 0.25) is 0 Å². The fraction of sp³-hybridized carbons (Fsp3) is 0.455. The number of unbranched alkanes of at least 4 members (excludes halogenated alkanes) is 3. The standard InChI is InChI=1S/C11H16NO/c1-2-3-4-5-9-13-11-7-6-8-12-10-11/h3,6-8,10H,2,4-5,9H2,1H3. The summed E-state index contributed by atoms with van der Waals surface area (Å²) in [6.07, 6.45) is 9.13. The Hall–Kier alpha value is -1.05. The van der Waals surface area contributed by atoms with Gasteiger partial charge in [-0.15, -0.1) is 0 Å². The fourth-order valence-corrected chi connectivity index (χ4v) is 1.05. The molecule has 0 unspecified atom stereocenters. The summed E-state index contributed by atoms with van der Waals surface area (Å²) >= 11 is 0. The van der Waals surface area contributed by atoms with Crippen LogP contribution in [0.15, 0.2) is 24.5 Å². The second kappa shape index (κ2) is 6.46. The van der Waals surface area contributed by atoms with E-state index in [9.17, 15) is 0 Å². The highest BCUT2D eigenvalue weighted by Gasteiger charge is 1.91. The maximum atomic E-state index is 5.47. The first-order chi connectivity index (χ1) is 6.43. The lowest BCUT2D eigenvalue weighted by molar-refractivity contribution is 0.309. The molecule has 13 heavy (non-hydrogen) atoms. The lowest BCUT2D eigenvalue weighted by atomic mass is 10.2. The van der Waals surface area contributed by atoms with Crippen molar-refractivity contribution in [1.29, 1.82) is 0 Å². The van der Waals surface area contributed by atoms with Crippen LogP contribution in [0.25, 0.3) is 0 Å². The minimum absolute atomic E-state index is 0.780. The van der Waals surface area contributed by atoms with Crippen LogP contribution in [0.4, 0.5) is 0 Å². The van der Waals surface area contributed by atoms with Gasteiger partial charge in [-0.2, -0.15) is 0 Å². The summed E-state index contributed by atoms with van der Waals surface area (Å²) in [6, 6.07) is 3.81. The van der Waals surface area contributed by atoms with E-state index in [0.29, 0.717) is 0 Å². The summed E-state index contributed by atoms with van der Waals surface area (Å²) in [5, 5.41) is 0. The van der Waals surface area contributed by atoms with Crippen LogP contribution in [0.3, 0.4) is 0 Å². The average molecular weight is 178 g/mol. The molecule has 0 fully saturated rings. The zero-order chi connectivity index (χ0) is 9.36. The number of pyridine rings is 1. The first kappa shape index (κ1) is 10.0. The Morgan fingerprint density at radius 3 is 3.15 bits per heavy atom. The molecule has 1 aromatic rings. The van der Waals surface area contributed by atoms with Gasteiger partial charge in [-0.1, -0.05) is 13.3 Å². The Morgan fingerprint density at radius 1 is 1.54 bits per heavy atom. The molecule has 0 N–H and O–H groups in total. The highest BCUT2D eigenvalue weighted by Crippen LogP contribution is 2.07. The summed E-state index contributed by atoms with van der Waals surface area (Å²) in [5.41, 5.74) is 0. The first-order valence-corrected chi connectivity index (χ1v) is 4.78. The molecule has 0 aromatic carbocycles. The van der Waals surface area contributed by atoms with Gasteiger partial charge < -0.3 is 4.74 Å². The minimum atomic E-state index is 0.780. The third kappa shape index (κ3) is 4.51. The van der Waals surface area contributed by atoms with E-state index in [0.717, 1.165) is 31.6 Å². The molecule has 0 aliphatic rings. The van der Waals surface area contributed by atoms with E-state index in [2.05, 4.69) is 18.3 Å². The van der Waals surface area contributed by atoms with Crippen LogP contribution in [-0.4, -0.2) is 11.6 Å². The molecule has 2 heteroatoms. The van der Waals surface area contributed by atoms with Crippen LogP contribution in [0.1, 0.15) is 26.2 Å². The summed E-state index contributed by atoms with van der Waals surface area (Å²) < 4.78 is 5.47. The molecule has 0 amide bonds. The smallest absolute Gasteiger partial charge is 0.137 e. The van der Waals surface area contributed by atoms with Crippen LogP contribution in [0.5, 0.6) is 5.75 Å². The van der Waals surface area contributed by atoms with Crippen LogP contribution in [0.2, 0.25) is 0 Å². The molecule has 0 spiro atoms. The predicted molar refractivity (Wildman–Crippen MR) is 53.6 cm³/mol. The number of hydrogen-bond acceptors (Lipinski definition) is 2. The van der Waals surface area contributed by atoms with Crippen molar-refractivity contribution in [1.82, 2.24) is 4.98 Å². The second-order valence-corrected chi connectivity index (χ2v) is 2.88. The van der Waals surface area contributed by atoms with E-state index in [4.69, 9.17) is 4.74 Å². The summed E-state index contributed by atoms with van der Waals surface area (Å²) in [6.45, 7) is 2.93. The zero-order valence-electron chi connectivity index (χ0n) is 8.07. The second-order valence-electron chi connectivity index (χ2n) is 2.88. The Labute approximate surface area is 80.0 Å². The monoisotopic (exact) mass is 178 g/mol. The molecule has 1 aromatic heterocycles. The summed E-state index contributed by atoms with van der Waals surface area (Å²) in [4.78, 5) is 3.97. The SMILES string of the molecule is CC[CH]CCCOc1cccnc1. The molecule has 0 atom stereocenters. The largest absolute Gasteiger partial charge is 0.492 e. The van der Waals surface area contributed by atoms with Crippen molar-refractivity contribution in [3.8, 4) is 5.75 Å². The number of hydrogen-bond donors (Lipinski definition) is 0. The van der Waals surface area contributed by atoms with Gasteiger partial charge in [0.15, 0.2) is 0 Å². The van der Waals surface area contributed by atoms with Crippen molar-refractivity contribution < 1.29 is 4.74 Å². The highest BCUT2D eigenvalue weighted by molar-refractivity contribution is 5.15. The lowest BCUT2D eigenvalue weighted by Gasteiger charge is -2.03. The van der Waals surface area contributed by atoms with E-state index in [1.807, 2.05) is 12.1 Å². The predicted octanol–water partition coefficient (Wildman–Crippen LogP) is 2.85. The molecule has 1 radical (unpaired) electrons. The molecule has 0 saturated carbocycles. The van der Waals surface area contributed by atoms with Crippen molar-refractivity contribution in [2.45, 2.75) is 26.2 Å². The molecule has 0 aliphatic carbocycles. The van der Waals surface area contributed by atoms with Crippen molar-refractivity contribution in [2.24, 2.45) is 0 Å². The van der Waals surface area contributed by atoms with Crippen molar-refractivity contribution in [3.05, 3.63) is 30.9 Å². The fourth-order valence-electron chi connectivity index (χ4n) is 1.05. The maximum absolute atomic E-state index is 5.47. The van der Waals surface area contributed by atoms with E-state index < -0.39 is 0 Å². The van der Waals surface area contributed by atoms with E-state index >= 15 is 0 Å². The maximum Gasteiger partial charge on any atom is 0.137 e. The van der Waals surface area contributed by atoms with Gasteiger partial charge in [-0.3, -0.25) is 4.98 Å². The van der Waals surface area contributed by atoms with Crippen molar-refractivity contribution in [2.75, 3.05) is 6.61 Å². The number of aromatic nitrogens is 1. The first-order valence-electron chi connectivity index (χ1n) is 4.78. The van der Waals surface area contributed by atoms with Crippen molar-refractivity contribution in [3.63, 3.8) is 0 Å². The van der Waals surface area contributed by atoms with Gasteiger partial charge in [0.25, 0.3) is 0 Å². The van der Waals surface area contributed by atoms with Crippen LogP contribution in [0, 0.1) is 6.42 Å². The van der Waals surface area contributed by atoms with Gasteiger partial charge in [0.05, 0.1) is 12.8 Å². The average Bonchev–Trinajstić information content (AvgIpc) is 2.19. The van der Waals surface area contributed by atoms with Crippen molar-refractivity contribution >= 4 is 0 Å². The summed E-state index contributed by atoms with van der Waals surface area (Å²) in [5.74, 6) is 0.860. The van der Waals surface area contributed by atoms with Crippen LogP contribution in [-0.2, 0) is 0 Å². The van der Waals surface area contributed by atoms with Gasteiger partial charge >= 0.3 is 0 Å². The van der Waals surface area contributed by atoms with E-state index in [1.54, 1.807) is 12.4 Å². The van der Waals surface area contributed by atoms with Gasteiger partial charge in [0.1, 0.15) is 5.75 Å². The molecule has 2 nitrogen and oxygen atoms in total. The van der Waals surface area contributed by atoms with E-state index in [-0.39, 0.29) is 0 Å². The molecule has 71 valence electrons. The highest BCUT2D eigenvalue weighted by atomic mass is 16.5. The minimum Gasteiger partial charge on any atom is -0.492 e. The van der Waals surface area contributed by atoms with Crippen LogP contribution >= 0.6 is 0 Å². The Kier molecular flexibility index (Phi) is 4.99. The molecular formula is C11H16NO. The number of nitrogens with zero attached hydrogens (tertiary/aromatic N) is 1. The third-order valence-electron chi connectivity index (χ3n) is 1.74. The third-order valence-corrected chi connectivity index (χ3v) is 1.74.